The highest BCUT2D eigenvalue weighted by Gasteiger charge is 2.20. The molecule has 2 aromatic rings. The molecule has 0 spiro atoms. The first-order valence-corrected chi connectivity index (χ1v) is 9.41. The van der Waals surface area contributed by atoms with E-state index in [-0.39, 0.29) is 0 Å². The number of hydrogen-bond acceptors (Lipinski definition) is 5. The molecule has 5 heteroatoms. The van der Waals surface area contributed by atoms with Crippen molar-refractivity contribution in [3.8, 4) is 17.7 Å². The Bertz CT molecular complexity index is 839. The quantitative estimate of drug-likeness (QED) is 0.676. The molecule has 0 amide bonds. The van der Waals surface area contributed by atoms with Gasteiger partial charge in [0.25, 0.3) is 0 Å². The van der Waals surface area contributed by atoms with Crippen LogP contribution in [-0.2, 0) is 6.42 Å². The largest absolute Gasteiger partial charge is 0.437 e. The van der Waals surface area contributed by atoms with Crippen molar-refractivity contribution in [1.82, 2.24) is 9.97 Å². The zero-order chi connectivity index (χ0) is 19.1. The van der Waals surface area contributed by atoms with Gasteiger partial charge in [-0.3, -0.25) is 0 Å². The number of thioether (sulfide) groups is 1. The fourth-order valence-corrected chi connectivity index (χ4v) is 3.68. The topological polar surface area (TPSA) is 58.8 Å². The Balaban J connectivity index is 0.000000552. The maximum absolute atomic E-state index is 9.05. The average Bonchev–Trinajstić information content (AvgIpc) is 2.64. The molecule has 134 valence electrons. The van der Waals surface area contributed by atoms with E-state index in [9.17, 15) is 0 Å². The molecule has 1 aliphatic heterocycles. The molecule has 0 N–H and O–H groups in total. The van der Waals surface area contributed by atoms with Gasteiger partial charge in [-0.2, -0.15) is 10.2 Å². The Labute approximate surface area is 159 Å². The predicted molar refractivity (Wildman–Crippen MR) is 107 cm³/mol. The van der Waals surface area contributed by atoms with Crippen molar-refractivity contribution in [3.05, 3.63) is 65.7 Å². The number of allylic oxidation sites excluding steroid dienone is 2. The number of fused-ring (bicyclic) bond motifs is 1. The van der Waals surface area contributed by atoms with Crippen LogP contribution in [0.2, 0.25) is 0 Å². The van der Waals surface area contributed by atoms with Crippen LogP contribution in [0.25, 0.3) is 0 Å². The monoisotopic (exact) mass is 365 g/mol. The summed E-state index contributed by atoms with van der Waals surface area (Å²) in [5.41, 5.74) is 3.63. The number of nitriles is 1. The first-order chi connectivity index (χ1) is 12.5. The minimum absolute atomic E-state index is 0.642. The molecule has 0 aliphatic carbocycles. The van der Waals surface area contributed by atoms with Gasteiger partial charge in [-0.15, -0.1) is 11.8 Å². The van der Waals surface area contributed by atoms with E-state index in [0.717, 1.165) is 51.9 Å². The number of nitrogens with zero attached hydrogens (tertiary/aromatic N) is 3. The minimum Gasteiger partial charge on any atom is -0.437 e. The summed E-state index contributed by atoms with van der Waals surface area (Å²) in [6.07, 6.45) is 5.40. The van der Waals surface area contributed by atoms with Crippen LogP contribution in [0.3, 0.4) is 0 Å². The summed E-state index contributed by atoms with van der Waals surface area (Å²) in [5.74, 6) is 3.23. The van der Waals surface area contributed by atoms with Gasteiger partial charge < -0.3 is 4.74 Å². The van der Waals surface area contributed by atoms with Crippen molar-refractivity contribution in [2.45, 2.75) is 38.5 Å². The van der Waals surface area contributed by atoms with E-state index in [1.807, 2.05) is 32.9 Å². The molecular formula is C21H23N3OS. The summed E-state index contributed by atoms with van der Waals surface area (Å²) >= 11 is 1.76. The third-order valence-electron chi connectivity index (χ3n) is 3.78. The molecule has 0 saturated heterocycles. The lowest BCUT2D eigenvalue weighted by atomic mass is 10.1. The van der Waals surface area contributed by atoms with Gasteiger partial charge in [0.05, 0.1) is 22.2 Å². The first kappa shape index (κ1) is 19.7. The Kier molecular flexibility index (Phi) is 6.99. The van der Waals surface area contributed by atoms with E-state index in [2.05, 4.69) is 29.2 Å². The molecule has 1 aromatic heterocycles. The van der Waals surface area contributed by atoms with Gasteiger partial charge in [0.2, 0.25) is 5.88 Å². The van der Waals surface area contributed by atoms with Crippen LogP contribution in [0, 0.1) is 32.1 Å². The molecular weight excluding hydrogens is 342 g/mol. The van der Waals surface area contributed by atoms with Gasteiger partial charge in [-0.1, -0.05) is 25.3 Å². The van der Waals surface area contributed by atoms with Gasteiger partial charge in [-0.25, -0.2) is 4.98 Å². The molecule has 2 heterocycles. The van der Waals surface area contributed by atoms with E-state index >= 15 is 0 Å². The lowest BCUT2D eigenvalue weighted by Gasteiger charge is -2.19. The fraction of sp³-hybridized carbons (Fsp3) is 0.286. The number of rotatable bonds is 3. The van der Waals surface area contributed by atoms with E-state index in [4.69, 9.17) is 10.00 Å². The number of aromatic nitrogens is 2. The van der Waals surface area contributed by atoms with Gasteiger partial charge in [0, 0.05) is 0 Å². The number of hydrogen-bond donors (Lipinski definition) is 0. The van der Waals surface area contributed by atoms with Gasteiger partial charge in [-0.05, 0) is 62.6 Å². The maximum Gasteiger partial charge on any atom is 0.236 e. The molecule has 1 aliphatic rings. The van der Waals surface area contributed by atoms with E-state index < -0.39 is 0 Å². The van der Waals surface area contributed by atoms with Crippen LogP contribution in [0.15, 0.2) is 42.3 Å². The van der Waals surface area contributed by atoms with E-state index in [1.54, 1.807) is 23.9 Å². The molecule has 0 saturated carbocycles. The minimum atomic E-state index is 0.642. The molecule has 4 nitrogen and oxygen atoms in total. The van der Waals surface area contributed by atoms with Crippen molar-refractivity contribution in [2.75, 3.05) is 5.75 Å². The van der Waals surface area contributed by atoms with Gasteiger partial charge in [0.15, 0.2) is 0 Å². The van der Waals surface area contributed by atoms with Gasteiger partial charge in [0.1, 0.15) is 11.6 Å². The number of benzene rings is 1. The highest BCUT2D eigenvalue weighted by Crippen LogP contribution is 2.39. The van der Waals surface area contributed by atoms with Crippen LogP contribution < -0.4 is 4.74 Å². The number of aryl methyl sites for hydroxylation is 4. The van der Waals surface area contributed by atoms with E-state index in [0.29, 0.717) is 11.4 Å². The Morgan fingerprint density at radius 3 is 2.38 bits per heavy atom. The van der Waals surface area contributed by atoms with Crippen molar-refractivity contribution in [2.24, 2.45) is 0 Å². The number of ether oxygens (including phenoxy) is 1. The van der Waals surface area contributed by atoms with Gasteiger partial charge >= 0.3 is 0 Å². The second-order valence-electron chi connectivity index (χ2n) is 5.93. The fourth-order valence-electron chi connectivity index (χ4n) is 2.66. The molecule has 26 heavy (non-hydrogen) atoms. The highest BCUT2D eigenvalue weighted by atomic mass is 32.2. The molecule has 0 bridgehead atoms. The maximum atomic E-state index is 9.05. The average molecular weight is 366 g/mol. The standard InChI is InChI=1S/C17H17N3OS.C4H6/c1-10-7-13(9-18)8-11(2)15(10)21-17-16-14(5-4-6-22-16)19-12(3)20-17;1-3-4-2/h7-8H,4-6H2,1-3H3;3-4H,1-2H2. The summed E-state index contributed by atoms with van der Waals surface area (Å²) in [7, 11) is 0. The molecule has 0 atom stereocenters. The van der Waals surface area contributed by atoms with Crippen LogP contribution in [0.5, 0.6) is 11.6 Å². The second-order valence-corrected chi connectivity index (χ2v) is 7.03. The third kappa shape index (κ3) is 4.74. The summed E-state index contributed by atoms with van der Waals surface area (Å²) in [5, 5.41) is 9.05. The SMILES string of the molecule is C=CC=C.Cc1nc2c(c(Oc3c(C)cc(C#N)cc3C)n1)SCCC2. The Hall–Kier alpha value is -2.58. The molecule has 0 unspecified atom stereocenters. The Morgan fingerprint density at radius 1 is 1.15 bits per heavy atom. The Morgan fingerprint density at radius 2 is 1.81 bits per heavy atom. The molecule has 0 radical (unpaired) electrons. The zero-order valence-corrected chi connectivity index (χ0v) is 16.3. The summed E-state index contributed by atoms with van der Waals surface area (Å²) in [6.45, 7) is 12.5. The van der Waals surface area contributed by atoms with Crippen molar-refractivity contribution >= 4 is 11.8 Å². The smallest absolute Gasteiger partial charge is 0.236 e. The zero-order valence-electron chi connectivity index (χ0n) is 15.5. The third-order valence-corrected chi connectivity index (χ3v) is 4.97. The van der Waals surface area contributed by atoms with Crippen molar-refractivity contribution < 1.29 is 4.74 Å². The summed E-state index contributed by atoms with van der Waals surface area (Å²) < 4.78 is 6.14. The lowest BCUT2D eigenvalue weighted by molar-refractivity contribution is 0.436. The normalized spacial score (nSPS) is 12.1. The van der Waals surface area contributed by atoms with Crippen molar-refractivity contribution in [1.29, 1.82) is 5.26 Å². The van der Waals surface area contributed by atoms with Crippen LogP contribution in [0.4, 0.5) is 0 Å². The first-order valence-electron chi connectivity index (χ1n) is 8.43. The molecule has 1 aromatic carbocycles. The van der Waals surface area contributed by atoms with Crippen molar-refractivity contribution in [3.63, 3.8) is 0 Å². The predicted octanol–water partition coefficient (Wildman–Crippen LogP) is 5.46. The lowest BCUT2D eigenvalue weighted by Crippen LogP contribution is -2.07. The molecule has 3 rings (SSSR count). The van der Waals surface area contributed by atoms with E-state index in [1.165, 1.54) is 0 Å². The van der Waals surface area contributed by atoms with Crippen LogP contribution >= 0.6 is 11.8 Å². The summed E-state index contributed by atoms with van der Waals surface area (Å²) in [6, 6.07) is 5.86. The second kappa shape index (κ2) is 9.21. The van der Waals surface area contributed by atoms with Crippen LogP contribution in [-0.4, -0.2) is 15.7 Å². The highest BCUT2D eigenvalue weighted by molar-refractivity contribution is 7.99. The molecule has 0 fully saturated rings. The summed E-state index contributed by atoms with van der Waals surface area (Å²) in [4.78, 5) is 10.1. The van der Waals surface area contributed by atoms with Crippen LogP contribution in [0.1, 0.15) is 34.6 Å².